The Morgan fingerprint density at radius 1 is 1.39 bits per heavy atom. The zero-order valence-electron chi connectivity index (χ0n) is 11.3. The molecule has 18 heavy (non-hydrogen) atoms. The number of fused-ring (bicyclic) bond motifs is 1. The van der Waals surface area contributed by atoms with E-state index in [-0.39, 0.29) is 6.03 Å². The molecule has 0 bridgehead atoms. The second kappa shape index (κ2) is 5.40. The minimum atomic E-state index is 0.0548. The maximum atomic E-state index is 12.2. The fourth-order valence-corrected chi connectivity index (χ4v) is 2.50. The fourth-order valence-electron chi connectivity index (χ4n) is 2.50. The Morgan fingerprint density at radius 2 is 2.11 bits per heavy atom. The summed E-state index contributed by atoms with van der Waals surface area (Å²) in [6.45, 7) is 0.784. The molecule has 1 unspecified atom stereocenters. The lowest BCUT2D eigenvalue weighted by atomic mass is 10.0. The molecule has 98 valence electrons. The lowest BCUT2D eigenvalue weighted by molar-refractivity contribution is 0.224. The van der Waals surface area contributed by atoms with Crippen LogP contribution in [0.15, 0.2) is 24.3 Å². The molecule has 1 aliphatic rings. The number of carbonyl (C=O) groups excluding carboxylic acids is 1. The molecule has 1 aliphatic heterocycles. The van der Waals surface area contributed by atoms with E-state index < -0.39 is 0 Å². The number of amides is 2. The SMILES string of the molecule is CNC1CCCN(C(=O)N(C)C)c2ccccc21. The standard InChI is InChI=1S/C14H21N3O/c1-15-12-8-6-10-17(14(18)16(2)3)13-9-5-4-7-11(12)13/h4-5,7,9,12,15H,6,8,10H2,1-3H3. The Morgan fingerprint density at radius 3 is 2.78 bits per heavy atom. The van der Waals surface area contributed by atoms with Gasteiger partial charge in [0, 0.05) is 26.7 Å². The normalized spacial score (nSPS) is 19.1. The Balaban J connectivity index is 2.42. The predicted molar refractivity (Wildman–Crippen MR) is 73.9 cm³/mol. The van der Waals surface area contributed by atoms with Crippen LogP contribution in [0.2, 0.25) is 0 Å². The van der Waals surface area contributed by atoms with E-state index in [9.17, 15) is 4.79 Å². The van der Waals surface area contributed by atoms with Crippen LogP contribution in [0, 0.1) is 0 Å². The number of hydrogen-bond donors (Lipinski definition) is 1. The quantitative estimate of drug-likeness (QED) is 0.826. The van der Waals surface area contributed by atoms with Crippen molar-refractivity contribution < 1.29 is 4.79 Å². The van der Waals surface area contributed by atoms with Crippen molar-refractivity contribution in [1.82, 2.24) is 10.2 Å². The maximum absolute atomic E-state index is 12.2. The van der Waals surface area contributed by atoms with Gasteiger partial charge in [0.15, 0.2) is 0 Å². The van der Waals surface area contributed by atoms with Gasteiger partial charge >= 0.3 is 6.03 Å². The Bertz CT molecular complexity index is 431. The smallest absolute Gasteiger partial charge is 0.323 e. The molecule has 2 rings (SSSR count). The monoisotopic (exact) mass is 247 g/mol. The second-order valence-corrected chi connectivity index (χ2v) is 4.87. The van der Waals surface area contributed by atoms with Crippen LogP contribution in [0.4, 0.5) is 10.5 Å². The summed E-state index contributed by atoms with van der Waals surface area (Å²) in [5.74, 6) is 0. The summed E-state index contributed by atoms with van der Waals surface area (Å²) in [4.78, 5) is 15.8. The number of benzene rings is 1. The van der Waals surface area contributed by atoms with Crippen molar-refractivity contribution in [3.8, 4) is 0 Å². The fraction of sp³-hybridized carbons (Fsp3) is 0.500. The van der Waals surface area contributed by atoms with Crippen LogP contribution in [0.3, 0.4) is 0 Å². The van der Waals surface area contributed by atoms with Gasteiger partial charge in [-0.3, -0.25) is 4.90 Å². The summed E-state index contributed by atoms with van der Waals surface area (Å²) in [5.41, 5.74) is 2.25. The summed E-state index contributed by atoms with van der Waals surface area (Å²) >= 11 is 0. The molecule has 1 atom stereocenters. The van der Waals surface area contributed by atoms with E-state index in [1.807, 2.05) is 30.1 Å². The van der Waals surface area contributed by atoms with Gasteiger partial charge in [0.2, 0.25) is 0 Å². The summed E-state index contributed by atoms with van der Waals surface area (Å²) in [6, 6.07) is 8.56. The van der Waals surface area contributed by atoms with Crippen LogP contribution < -0.4 is 10.2 Å². The van der Waals surface area contributed by atoms with Gasteiger partial charge < -0.3 is 10.2 Å². The van der Waals surface area contributed by atoms with Gasteiger partial charge in [-0.05, 0) is 31.5 Å². The topological polar surface area (TPSA) is 35.6 Å². The van der Waals surface area contributed by atoms with E-state index in [4.69, 9.17) is 0 Å². The van der Waals surface area contributed by atoms with Crippen LogP contribution in [-0.4, -0.2) is 38.6 Å². The Labute approximate surface area is 109 Å². The highest BCUT2D eigenvalue weighted by Crippen LogP contribution is 2.32. The van der Waals surface area contributed by atoms with E-state index in [2.05, 4.69) is 11.4 Å². The highest BCUT2D eigenvalue weighted by molar-refractivity contribution is 5.92. The molecule has 0 spiro atoms. The first-order valence-electron chi connectivity index (χ1n) is 6.40. The first kappa shape index (κ1) is 12.9. The van der Waals surface area contributed by atoms with Crippen molar-refractivity contribution >= 4 is 11.7 Å². The molecule has 1 N–H and O–H groups in total. The molecule has 0 radical (unpaired) electrons. The molecular weight excluding hydrogens is 226 g/mol. The van der Waals surface area contributed by atoms with E-state index >= 15 is 0 Å². The van der Waals surface area contributed by atoms with Gasteiger partial charge in [-0.2, -0.15) is 0 Å². The molecule has 2 amide bonds. The van der Waals surface area contributed by atoms with Gasteiger partial charge in [0.05, 0.1) is 5.69 Å². The first-order valence-corrected chi connectivity index (χ1v) is 6.40. The number of nitrogens with zero attached hydrogens (tertiary/aromatic N) is 2. The second-order valence-electron chi connectivity index (χ2n) is 4.87. The summed E-state index contributed by atoms with van der Waals surface area (Å²) in [6.07, 6.45) is 2.07. The molecule has 1 aromatic carbocycles. The van der Waals surface area contributed by atoms with Crippen LogP contribution >= 0.6 is 0 Å². The zero-order chi connectivity index (χ0) is 13.1. The number of para-hydroxylation sites is 1. The summed E-state index contributed by atoms with van der Waals surface area (Å²) in [7, 11) is 5.57. The first-order chi connectivity index (χ1) is 8.65. The molecule has 0 saturated heterocycles. The van der Waals surface area contributed by atoms with Crippen molar-refractivity contribution in [2.45, 2.75) is 18.9 Å². The Kier molecular flexibility index (Phi) is 3.87. The zero-order valence-corrected chi connectivity index (χ0v) is 11.3. The number of anilines is 1. The van der Waals surface area contributed by atoms with Gasteiger partial charge in [-0.15, -0.1) is 0 Å². The lowest BCUT2D eigenvalue weighted by Crippen LogP contribution is -2.39. The van der Waals surface area contributed by atoms with Crippen LogP contribution in [0.1, 0.15) is 24.4 Å². The van der Waals surface area contributed by atoms with Gasteiger partial charge in [0.1, 0.15) is 0 Å². The molecule has 1 heterocycles. The minimum Gasteiger partial charge on any atom is -0.330 e. The average molecular weight is 247 g/mol. The van der Waals surface area contributed by atoms with Gasteiger partial charge in [-0.1, -0.05) is 18.2 Å². The van der Waals surface area contributed by atoms with E-state index in [0.717, 1.165) is 25.1 Å². The highest BCUT2D eigenvalue weighted by atomic mass is 16.2. The summed E-state index contributed by atoms with van der Waals surface area (Å²) in [5, 5.41) is 3.34. The van der Waals surface area contributed by atoms with Crippen molar-refractivity contribution in [3.63, 3.8) is 0 Å². The molecule has 0 aromatic heterocycles. The summed E-state index contributed by atoms with van der Waals surface area (Å²) < 4.78 is 0. The number of hydrogen-bond acceptors (Lipinski definition) is 2. The van der Waals surface area contributed by atoms with E-state index in [1.165, 1.54) is 5.56 Å². The third-order valence-electron chi connectivity index (χ3n) is 3.44. The lowest BCUT2D eigenvalue weighted by Gasteiger charge is -2.26. The van der Waals surface area contributed by atoms with Crippen LogP contribution in [0.25, 0.3) is 0 Å². The van der Waals surface area contributed by atoms with Crippen LogP contribution in [-0.2, 0) is 0 Å². The molecular formula is C14H21N3O. The number of rotatable bonds is 1. The van der Waals surface area contributed by atoms with Crippen molar-refractivity contribution in [3.05, 3.63) is 29.8 Å². The molecule has 4 nitrogen and oxygen atoms in total. The van der Waals surface area contributed by atoms with E-state index in [1.54, 1.807) is 19.0 Å². The van der Waals surface area contributed by atoms with E-state index in [0.29, 0.717) is 6.04 Å². The molecule has 0 fully saturated rings. The molecule has 1 aromatic rings. The van der Waals surface area contributed by atoms with Gasteiger partial charge in [0.25, 0.3) is 0 Å². The minimum absolute atomic E-state index is 0.0548. The predicted octanol–water partition coefficient (Wildman–Crippen LogP) is 2.23. The van der Waals surface area contributed by atoms with Crippen molar-refractivity contribution in [1.29, 1.82) is 0 Å². The number of urea groups is 1. The highest BCUT2D eigenvalue weighted by Gasteiger charge is 2.26. The molecule has 0 saturated carbocycles. The Hall–Kier alpha value is -1.55. The average Bonchev–Trinajstić information content (AvgIpc) is 2.56. The van der Waals surface area contributed by atoms with Crippen LogP contribution in [0.5, 0.6) is 0 Å². The number of nitrogens with one attached hydrogen (secondary N) is 1. The van der Waals surface area contributed by atoms with Gasteiger partial charge in [-0.25, -0.2) is 4.79 Å². The largest absolute Gasteiger partial charge is 0.330 e. The molecule has 4 heteroatoms. The maximum Gasteiger partial charge on any atom is 0.323 e. The van der Waals surface area contributed by atoms with Crippen molar-refractivity contribution in [2.75, 3.05) is 32.6 Å². The number of carbonyl (C=O) groups is 1. The van der Waals surface area contributed by atoms with Crippen molar-refractivity contribution in [2.24, 2.45) is 0 Å². The third kappa shape index (κ3) is 2.34. The third-order valence-corrected chi connectivity index (χ3v) is 3.44. The molecule has 0 aliphatic carbocycles.